The Morgan fingerprint density at radius 2 is 1.86 bits per heavy atom. The minimum Gasteiger partial charge on any atom is -0.354 e. The average molecular weight is 297 g/mol. The van der Waals surface area contributed by atoms with Gasteiger partial charge in [0.2, 0.25) is 0 Å². The third kappa shape index (κ3) is 1.81. The molecule has 2 aliphatic rings. The minimum atomic E-state index is 0.271. The van der Waals surface area contributed by atoms with Gasteiger partial charge >= 0.3 is 0 Å². The van der Waals surface area contributed by atoms with Gasteiger partial charge in [-0.05, 0) is 55.3 Å². The van der Waals surface area contributed by atoms with E-state index in [1.807, 2.05) is 11.3 Å². The van der Waals surface area contributed by atoms with Crippen LogP contribution in [0.15, 0.2) is 35.7 Å². The number of rotatable bonds is 1. The van der Waals surface area contributed by atoms with Crippen molar-refractivity contribution in [3.8, 4) is 0 Å². The van der Waals surface area contributed by atoms with Crippen LogP contribution >= 0.6 is 11.3 Å². The molecule has 1 spiro atoms. The molecule has 0 radical (unpaired) electrons. The van der Waals surface area contributed by atoms with Gasteiger partial charge in [-0.1, -0.05) is 37.5 Å². The highest BCUT2D eigenvalue weighted by atomic mass is 32.1. The predicted molar refractivity (Wildman–Crippen MR) is 91.2 cm³/mol. The second-order valence-corrected chi connectivity index (χ2v) is 7.55. The molecule has 1 aliphatic carbocycles. The standard InChI is InChI=1S/C19H23NS/c1-14-8-4-5-9-17(14)20-15(2)16-10-13-21-18(16)19(20)11-6-3-7-12-19/h4-5,8-10,13,15H,3,6-7,11-12H2,1-2H3. The number of anilines is 1. The van der Waals surface area contributed by atoms with Crippen LogP contribution in [0.3, 0.4) is 0 Å². The molecule has 110 valence electrons. The molecule has 0 saturated heterocycles. The molecule has 2 heterocycles. The Morgan fingerprint density at radius 3 is 2.62 bits per heavy atom. The summed E-state index contributed by atoms with van der Waals surface area (Å²) in [5.74, 6) is 0. The topological polar surface area (TPSA) is 3.24 Å². The van der Waals surface area contributed by atoms with Gasteiger partial charge in [-0.3, -0.25) is 0 Å². The van der Waals surface area contributed by atoms with Crippen LogP contribution in [0.1, 0.15) is 61.1 Å². The van der Waals surface area contributed by atoms with Crippen molar-refractivity contribution in [2.75, 3.05) is 4.90 Å². The Bertz CT molecular complexity index is 651. The lowest BCUT2D eigenvalue weighted by Crippen LogP contribution is -2.44. The van der Waals surface area contributed by atoms with E-state index in [0.717, 1.165) is 0 Å². The van der Waals surface area contributed by atoms with E-state index in [1.54, 1.807) is 10.4 Å². The van der Waals surface area contributed by atoms with Crippen molar-refractivity contribution in [3.63, 3.8) is 0 Å². The number of nitrogens with zero attached hydrogens (tertiary/aromatic N) is 1. The Kier molecular flexibility index (Phi) is 3.11. The summed E-state index contributed by atoms with van der Waals surface area (Å²) >= 11 is 1.98. The smallest absolute Gasteiger partial charge is 0.0755 e. The lowest BCUT2D eigenvalue weighted by atomic mass is 9.80. The van der Waals surface area contributed by atoms with Crippen molar-refractivity contribution in [3.05, 3.63) is 51.7 Å². The van der Waals surface area contributed by atoms with Gasteiger partial charge < -0.3 is 4.90 Å². The van der Waals surface area contributed by atoms with Crippen LogP contribution in [0, 0.1) is 6.92 Å². The molecule has 4 rings (SSSR count). The van der Waals surface area contributed by atoms with Crippen LogP contribution in [0.2, 0.25) is 0 Å². The lowest BCUT2D eigenvalue weighted by molar-refractivity contribution is 0.288. The third-order valence-corrected chi connectivity index (χ3v) is 6.60. The summed E-state index contributed by atoms with van der Waals surface area (Å²) in [5, 5.41) is 2.30. The number of aryl methyl sites for hydroxylation is 1. The molecule has 2 aromatic rings. The molecule has 1 aromatic heterocycles. The second kappa shape index (κ2) is 4.88. The molecule has 2 heteroatoms. The quantitative estimate of drug-likeness (QED) is 0.643. The fraction of sp³-hybridized carbons (Fsp3) is 0.474. The molecular formula is C19H23NS. The highest BCUT2D eigenvalue weighted by Crippen LogP contribution is 2.57. The van der Waals surface area contributed by atoms with E-state index < -0.39 is 0 Å². The third-order valence-electron chi connectivity index (χ3n) is 5.47. The first-order valence-electron chi connectivity index (χ1n) is 8.17. The SMILES string of the molecule is Cc1ccccc1N1C(C)c2ccsc2C12CCCCC2. The van der Waals surface area contributed by atoms with E-state index in [-0.39, 0.29) is 5.54 Å². The van der Waals surface area contributed by atoms with Crippen LogP contribution in [0.25, 0.3) is 0 Å². The normalized spacial score (nSPS) is 23.5. The molecule has 0 bridgehead atoms. The van der Waals surface area contributed by atoms with Crippen molar-refractivity contribution in [2.24, 2.45) is 0 Å². The summed E-state index contributed by atoms with van der Waals surface area (Å²) in [5.41, 5.74) is 4.69. The maximum absolute atomic E-state index is 2.75. The van der Waals surface area contributed by atoms with Gasteiger partial charge in [0.25, 0.3) is 0 Å². The van der Waals surface area contributed by atoms with Gasteiger partial charge in [-0.2, -0.15) is 0 Å². The lowest BCUT2D eigenvalue weighted by Gasteiger charge is -2.45. The number of thiophene rings is 1. The van der Waals surface area contributed by atoms with E-state index in [9.17, 15) is 0 Å². The Labute approximate surface area is 131 Å². The zero-order valence-electron chi connectivity index (χ0n) is 12.9. The van der Waals surface area contributed by atoms with Crippen LogP contribution in [0.5, 0.6) is 0 Å². The number of hydrogen-bond donors (Lipinski definition) is 0. The molecule has 1 aromatic carbocycles. The summed E-state index contributed by atoms with van der Waals surface area (Å²) in [6.07, 6.45) is 6.77. The number of fused-ring (bicyclic) bond motifs is 2. The first-order valence-corrected chi connectivity index (χ1v) is 9.05. The van der Waals surface area contributed by atoms with Crippen LogP contribution in [-0.4, -0.2) is 0 Å². The molecule has 0 amide bonds. The second-order valence-electron chi connectivity index (χ2n) is 6.63. The molecule has 1 atom stereocenters. The predicted octanol–water partition coefficient (Wildman–Crippen LogP) is 5.80. The van der Waals surface area contributed by atoms with E-state index in [4.69, 9.17) is 0 Å². The highest BCUT2D eigenvalue weighted by Gasteiger charge is 2.50. The Morgan fingerprint density at radius 1 is 1.10 bits per heavy atom. The summed E-state index contributed by atoms with van der Waals surface area (Å²) in [6.45, 7) is 4.65. The molecule has 1 saturated carbocycles. The maximum atomic E-state index is 2.75. The maximum Gasteiger partial charge on any atom is 0.0755 e. The molecule has 1 fully saturated rings. The molecule has 21 heavy (non-hydrogen) atoms. The van der Waals surface area contributed by atoms with Crippen molar-refractivity contribution >= 4 is 17.0 Å². The van der Waals surface area contributed by atoms with E-state index in [2.05, 4.69) is 54.5 Å². The summed E-state index contributed by atoms with van der Waals surface area (Å²) in [4.78, 5) is 4.40. The van der Waals surface area contributed by atoms with Crippen LogP contribution in [-0.2, 0) is 5.54 Å². The molecule has 1 nitrogen and oxygen atoms in total. The number of hydrogen-bond acceptors (Lipinski definition) is 2. The molecule has 0 N–H and O–H groups in total. The average Bonchev–Trinajstić information content (AvgIpc) is 3.06. The first-order chi connectivity index (χ1) is 10.2. The Balaban J connectivity index is 1.89. The van der Waals surface area contributed by atoms with E-state index in [1.165, 1.54) is 43.4 Å². The number of para-hydroxylation sites is 1. The minimum absolute atomic E-state index is 0.271. The van der Waals surface area contributed by atoms with Crippen LogP contribution in [0.4, 0.5) is 5.69 Å². The van der Waals surface area contributed by atoms with Gasteiger partial charge in [-0.15, -0.1) is 11.3 Å². The zero-order chi connectivity index (χ0) is 14.4. The highest BCUT2D eigenvalue weighted by molar-refractivity contribution is 7.10. The summed E-state index contributed by atoms with van der Waals surface area (Å²) in [7, 11) is 0. The van der Waals surface area contributed by atoms with Gasteiger partial charge in [-0.25, -0.2) is 0 Å². The van der Waals surface area contributed by atoms with E-state index >= 15 is 0 Å². The zero-order valence-corrected chi connectivity index (χ0v) is 13.7. The van der Waals surface area contributed by atoms with E-state index in [0.29, 0.717) is 6.04 Å². The summed E-state index contributed by atoms with van der Waals surface area (Å²) in [6, 6.07) is 11.8. The summed E-state index contributed by atoms with van der Waals surface area (Å²) < 4.78 is 0. The van der Waals surface area contributed by atoms with Crippen molar-refractivity contribution < 1.29 is 0 Å². The molecule has 1 aliphatic heterocycles. The number of benzene rings is 1. The van der Waals surface area contributed by atoms with Crippen molar-refractivity contribution in [1.29, 1.82) is 0 Å². The monoisotopic (exact) mass is 297 g/mol. The van der Waals surface area contributed by atoms with Crippen LogP contribution < -0.4 is 4.90 Å². The van der Waals surface area contributed by atoms with Crippen molar-refractivity contribution in [2.45, 2.75) is 57.5 Å². The van der Waals surface area contributed by atoms with Gasteiger partial charge in [0, 0.05) is 10.6 Å². The van der Waals surface area contributed by atoms with Gasteiger partial charge in [0.05, 0.1) is 11.6 Å². The largest absolute Gasteiger partial charge is 0.354 e. The van der Waals surface area contributed by atoms with Gasteiger partial charge in [0.1, 0.15) is 0 Å². The first kappa shape index (κ1) is 13.4. The fourth-order valence-electron chi connectivity index (χ4n) is 4.52. The molecule has 1 unspecified atom stereocenters. The fourth-order valence-corrected chi connectivity index (χ4v) is 5.77. The van der Waals surface area contributed by atoms with Crippen molar-refractivity contribution in [1.82, 2.24) is 0 Å². The Hall–Kier alpha value is -1.28. The molecular weight excluding hydrogens is 274 g/mol. The van der Waals surface area contributed by atoms with Gasteiger partial charge in [0.15, 0.2) is 0 Å².